The Morgan fingerprint density at radius 1 is 1.10 bits per heavy atom. The van der Waals surface area contributed by atoms with Crippen LogP contribution in [0.4, 0.5) is 4.39 Å². The monoisotopic (exact) mass is 413 g/mol. The maximum Gasteiger partial charge on any atom is 0.363 e. The molecule has 0 saturated heterocycles. The molecule has 0 spiro atoms. The van der Waals surface area contributed by atoms with Gasteiger partial charge in [-0.25, -0.2) is 19.0 Å². The third-order valence-corrected chi connectivity index (χ3v) is 3.95. The summed E-state index contributed by atoms with van der Waals surface area (Å²) >= 11 is 0. The van der Waals surface area contributed by atoms with Crippen molar-refractivity contribution in [3.8, 4) is 11.5 Å². The van der Waals surface area contributed by atoms with E-state index in [1.807, 2.05) is 0 Å². The Bertz CT molecular complexity index is 1010. The molecule has 3 rings (SSSR count). The zero-order chi connectivity index (χ0) is 21.5. The van der Waals surface area contributed by atoms with E-state index >= 15 is 0 Å². The predicted octanol–water partition coefficient (Wildman–Crippen LogP) is 3.51. The number of carbonyl (C=O) groups is 2. The van der Waals surface area contributed by atoms with Crippen LogP contribution < -0.4 is 9.47 Å². The lowest BCUT2D eigenvalue weighted by atomic mass is 10.1. The minimum absolute atomic E-state index is 0.0240. The second-order valence-electron chi connectivity index (χ2n) is 6.05. The molecule has 1 aliphatic rings. The van der Waals surface area contributed by atoms with Crippen molar-refractivity contribution >= 4 is 23.9 Å². The molecule has 0 saturated carbocycles. The number of rotatable bonds is 8. The zero-order valence-electron chi connectivity index (χ0n) is 16.5. The molecule has 7 nitrogen and oxygen atoms in total. The van der Waals surface area contributed by atoms with Crippen LogP contribution in [0.2, 0.25) is 0 Å². The molecule has 0 amide bonds. The molecule has 0 aromatic heterocycles. The van der Waals surface area contributed by atoms with E-state index < -0.39 is 17.8 Å². The predicted molar refractivity (Wildman–Crippen MR) is 107 cm³/mol. The average Bonchev–Trinajstić information content (AvgIpc) is 3.08. The van der Waals surface area contributed by atoms with Crippen molar-refractivity contribution in [1.82, 2.24) is 0 Å². The summed E-state index contributed by atoms with van der Waals surface area (Å²) in [6.45, 7) is 3.89. The van der Waals surface area contributed by atoms with E-state index in [1.165, 1.54) is 24.3 Å². The molecule has 0 fully saturated rings. The summed E-state index contributed by atoms with van der Waals surface area (Å²) in [4.78, 5) is 27.8. The van der Waals surface area contributed by atoms with Crippen LogP contribution in [-0.2, 0) is 19.1 Å². The van der Waals surface area contributed by atoms with E-state index in [-0.39, 0.29) is 30.4 Å². The van der Waals surface area contributed by atoms with Gasteiger partial charge in [0.2, 0.25) is 5.90 Å². The van der Waals surface area contributed by atoms with E-state index in [1.54, 1.807) is 38.1 Å². The van der Waals surface area contributed by atoms with Gasteiger partial charge in [0.15, 0.2) is 23.8 Å². The van der Waals surface area contributed by atoms with Crippen LogP contribution in [0.15, 0.2) is 53.2 Å². The molecular weight excluding hydrogens is 393 g/mol. The van der Waals surface area contributed by atoms with Crippen LogP contribution in [0.5, 0.6) is 11.5 Å². The van der Waals surface area contributed by atoms with E-state index in [4.69, 9.17) is 18.9 Å². The first-order valence-electron chi connectivity index (χ1n) is 9.34. The minimum atomic E-state index is -0.686. The topological polar surface area (TPSA) is 83.4 Å². The molecule has 0 radical (unpaired) electrons. The maximum atomic E-state index is 13.9. The van der Waals surface area contributed by atoms with E-state index in [9.17, 15) is 14.0 Å². The second-order valence-corrected chi connectivity index (χ2v) is 6.05. The molecule has 0 N–H and O–H groups in total. The number of cyclic esters (lactones) is 1. The lowest BCUT2D eigenvalue weighted by Crippen LogP contribution is -2.15. The van der Waals surface area contributed by atoms with E-state index in [2.05, 4.69) is 4.99 Å². The Balaban J connectivity index is 1.84. The first-order chi connectivity index (χ1) is 14.5. The molecule has 0 bridgehead atoms. The molecule has 1 heterocycles. The average molecular weight is 413 g/mol. The maximum absolute atomic E-state index is 13.9. The fourth-order valence-electron chi connectivity index (χ4n) is 2.66. The lowest BCUT2D eigenvalue weighted by Gasteiger charge is -2.12. The highest BCUT2D eigenvalue weighted by Crippen LogP contribution is 2.30. The van der Waals surface area contributed by atoms with Crippen molar-refractivity contribution in [3.05, 3.63) is 65.1 Å². The van der Waals surface area contributed by atoms with Crippen molar-refractivity contribution < 1.29 is 32.9 Å². The number of hydrogen-bond acceptors (Lipinski definition) is 7. The van der Waals surface area contributed by atoms with Crippen molar-refractivity contribution in [1.29, 1.82) is 0 Å². The number of hydrogen-bond donors (Lipinski definition) is 0. The SMILES string of the molecule is CCOC(=O)COc1ccc(/C=C2\N=C(c3ccccc3F)OC2=O)cc1OCC. The van der Waals surface area contributed by atoms with Gasteiger partial charge in [0.25, 0.3) is 0 Å². The van der Waals surface area contributed by atoms with Gasteiger partial charge >= 0.3 is 11.9 Å². The van der Waals surface area contributed by atoms with Crippen LogP contribution >= 0.6 is 0 Å². The molecule has 0 unspecified atom stereocenters. The molecule has 2 aromatic rings. The van der Waals surface area contributed by atoms with Crippen molar-refractivity contribution in [2.45, 2.75) is 13.8 Å². The van der Waals surface area contributed by atoms with Crippen molar-refractivity contribution in [2.75, 3.05) is 19.8 Å². The van der Waals surface area contributed by atoms with Crippen LogP contribution in [0.1, 0.15) is 25.0 Å². The molecule has 8 heteroatoms. The normalized spacial score (nSPS) is 14.3. The minimum Gasteiger partial charge on any atom is -0.490 e. The summed E-state index contributed by atoms with van der Waals surface area (Å²) in [6, 6.07) is 10.8. The summed E-state index contributed by atoms with van der Waals surface area (Å²) in [7, 11) is 0. The molecule has 0 atom stereocenters. The Kier molecular flexibility index (Phi) is 6.79. The highest BCUT2D eigenvalue weighted by Gasteiger charge is 2.26. The molecular formula is C22H20FNO6. The first-order valence-corrected chi connectivity index (χ1v) is 9.34. The number of benzene rings is 2. The molecule has 2 aromatic carbocycles. The number of halogens is 1. The van der Waals surface area contributed by atoms with Gasteiger partial charge in [-0.3, -0.25) is 0 Å². The van der Waals surface area contributed by atoms with Gasteiger partial charge in [0.05, 0.1) is 18.8 Å². The van der Waals surface area contributed by atoms with Gasteiger partial charge in [-0.1, -0.05) is 18.2 Å². The lowest BCUT2D eigenvalue weighted by molar-refractivity contribution is -0.145. The number of ether oxygens (including phenoxy) is 4. The Hall–Kier alpha value is -3.68. The summed E-state index contributed by atoms with van der Waals surface area (Å²) in [5.41, 5.74) is 0.718. The second kappa shape index (κ2) is 9.69. The highest BCUT2D eigenvalue weighted by atomic mass is 19.1. The molecule has 1 aliphatic heterocycles. The van der Waals surface area contributed by atoms with Gasteiger partial charge in [0, 0.05) is 0 Å². The molecule has 30 heavy (non-hydrogen) atoms. The largest absolute Gasteiger partial charge is 0.490 e. The summed E-state index contributed by atoms with van der Waals surface area (Å²) in [5.74, 6) is -1.06. The standard InChI is InChI=1S/C22H20FNO6/c1-3-27-19-12-14(9-10-18(19)29-13-20(25)28-4-2)11-17-22(26)30-21(24-17)15-7-5-6-8-16(15)23/h5-12H,3-4,13H2,1-2H3/b17-11-. The Morgan fingerprint density at radius 3 is 2.63 bits per heavy atom. The summed E-state index contributed by atoms with van der Waals surface area (Å²) in [5, 5.41) is 0. The van der Waals surface area contributed by atoms with E-state index in [0.29, 0.717) is 23.7 Å². The van der Waals surface area contributed by atoms with Crippen molar-refractivity contribution in [3.63, 3.8) is 0 Å². The van der Waals surface area contributed by atoms with Crippen LogP contribution in [0.3, 0.4) is 0 Å². The smallest absolute Gasteiger partial charge is 0.363 e. The summed E-state index contributed by atoms with van der Waals surface area (Å²) in [6.07, 6.45) is 1.49. The fourth-order valence-corrected chi connectivity index (χ4v) is 2.66. The number of carbonyl (C=O) groups excluding carboxylic acids is 2. The van der Waals surface area contributed by atoms with Gasteiger partial charge in [-0.2, -0.15) is 0 Å². The number of nitrogens with zero attached hydrogens (tertiary/aromatic N) is 1. The molecule has 0 aliphatic carbocycles. The van der Waals surface area contributed by atoms with Gasteiger partial charge in [0.1, 0.15) is 5.82 Å². The zero-order valence-corrected chi connectivity index (χ0v) is 16.5. The van der Waals surface area contributed by atoms with Gasteiger partial charge < -0.3 is 18.9 Å². The van der Waals surface area contributed by atoms with Crippen LogP contribution in [-0.4, -0.2) is 37.7 Å². The van der Waals surface area contributed by atoms with E-state index in [0.717, 1.165) is 0 Å². The Labute approximate surface area is 172 Å². The summed E-state index contributed by atoms with van der Waals surface area (Å²) < 4.78 is 34.9. The fraction of sp³-hybridized carbons (Fsp3) is 0.227. The highest BCUT2D eigenvalue weighted by molar-refractivity contribution is 6.12. The van der Waals surface area contributed by atoms with Gasteiger partial charge in [-0.05, 0) is 49.8 Å². The van der Waals surface area contributed by atoms with Gasteiger partial charge in [-0.15, -0.1) is 0 Å². The number of aliphatic imine (C=N–C) groups is 1. The first kappa shape index (κ1) is 21.0. The number of esters is 2. The quantitative estimate of drug-likeness (QED) is 0.487. The third kappa shape index (κ3) is 5.02. The van der Waals surface area contributed by atoms with Crippen molar-refractivity contribution in [2.24, 2.45) is 4.99 Å². The third-order valence-electron chi connectivity index (χ3n) is 3.95. The Morgan fingerprint density at radius 2 is 1.90 bits per heavy atom. The van der Waals surface area contributed by atoms with Crippen LogP contribution in [0, 0.1) is 5.82 Å². The molecule has 156 valence electrons. The van der Waals surface area contributed by atoms with Crippen LogP contribution in [0.25, 0.3) is 6.08 Å².